The molecule has 0 unspecified atom stereocenters. The normalized spacial score (nSPS) is 12.5. The van der Waals surface area contributed by atoms with Gasteiger partial charge in [0, 0.05) is 11.6 Å². The molecule has 1 atom stereocenters. The van der Waals surface area contributed by atoms with Gasteiger partial charge in [0.1, 0.15) is 0 Å². The van der Waals surface area contributed by atoms with E-state index < -0.39 is 10.0 Å². The van der Waals surface area contributed by atoms with Crippen molar-refractivity contribution in [3.05, 3.63) is 101 Å². The van der Waals surface area contributed by atoms with Crippen LogP contribution in [0.2, 0.25) is 5.02 Å². The first-order valence-corrected chi connectivity index (χ1v) is 11.7. The summed E-state index contributed by atoms with van der Waals surface area (Å²) in [6.45, 7) is 3.59. The van der Waals surface area contributed by atoms with E-state index >= 15 is 0 Å². The molecule has 0 aliphatic heterocycles. The van der Waals surface area contributed by atoms with Crippen molar-refractivity contribution in [2.75, 3.05) is 6.54 Å². The molecule has 5 nitrogen and oxygen atoms in total. The van der Waals surface area contributed by atoms with Gasteiger partial charge in [-0.3, -0.25) is 4.79 Å². The number of amides is 1. The van der Waals surface area contributed by atoms with Gasteiger partial charge in [-0.1, -0.05) is 71.8 Å². The van der Waals surface area contributed by atoms with Gasteiger partial charge in [0.25, 0.3) is 0 Å². The van der Waals surface area contributed by atoms with E-state index in [0.29, 0.717) is 5.02 Å². The predicted octanol–water partition coefficient (Wildman–Crippen LogP) is 4.72. The van der Waals surface area contributed by atoms with Crippen LogP contribution in [-0.2, 0) is 21.4 Å². The highest BCUT2D eigenvalue weighted by molar-refractivity contribution is 7.89. The summed E-state index contributed by atoms with van der Waals surface area (Å²) in [7, 11) is -3.91. The highest BCUT2D eigenvalue weighted by Crippen LogP contribution is 2.21. The number of carbonyl (C=O) groups is 1. The number of halogens is 1. The Balaban J connectivity index is 1.84. The Morgan fingerprint density at radius 1 is 1.00 bits per heavy atom. The van der Waals surface area contributed by atoms with E-state index in [1.807, 2.05) is 68.4 Å². The molecule has 3 rings (SSSR count). The summed E-state index contributed by atoms with van der Waals surface area (Å²) < 4.78 is 27.8. The van der Waals surface area contributed by atoms with Gasteiger partial charge >= 0.3 is 0 Å². The SMILES string of the molecule is Cc1cccc(CN(CC(=O)N[C@@H](C)c2ccccc2)S(=O)(=O)c2ccc(Cl)cc2)c1. The number of sulfonamides is 1. The number of hydrogen-bond donors (Lipinski definition) is 1. The lowest BCUT2D eigenvalue weighted by molar-refractivity contribution is -0.122. The molecule has 3 aromatic rings. The second-order valence-electron chi connectivity index (χ2n) is 7.42. The predicted molar refractivity (Wildman–Crippen MR) is 123 cm³/mol. The fourth-order valence-corrected chi connectivity index (χ4v) is 4.78. The summed E-state index contributed by atoms with van der Waals surface area (Å²) in [4.78, 5) is 12.9. The van der Waals surface area contributed by atoms with Gasteiger partial charge in [0.2, 0.25) is 15.9 Å². The lowest BCUT2D eigenvalue weighted by Crippen LogP contribution is -2.41. The summed E-state index contributed by atoms with van der Waals surface area (Å²) in [6, 6.07) is 22.8. The Bertz CT molecular complexity index is 1130. The van der Waals surface area contributed by atoms with Crippen LogP contribution in [0.25, 0.3) is 0 Å². The summed E-state index contributed by atoms with van der Waals surface area (Å²) >= 11 is 5.92. The fraction of sp³-hybridized carbons (Fsp3) is 0.208. The molecule has 0 aliphatic carbocycles. The molecule has 0 spiro atoms. The molecule has 7 heteroatoms. The average molecular weight is 457 g/mol. The van der Waals surface area contributed by atoms with Crippen LogP contribution in [0, 0.1) is 6.92 Å². The number of nitrogens with zero attached hydrogens (tertiary/aromatic N) is 1. The summed E-state index contributed by atoms with van der Waals surface area (Å²) in [5, 5.41) is 3.33. The fourth-order valence-electron chi connectivity index (χ4n) is 3.27. The van der Waals surface area contributed by atoms with E-state index in [-0.39, 0.29) is 29.9 Å². The molecule has 0 saturated carbocycles. The van der Waals surface area contributed by atoms with Crippen molar-refractivity contribution in [1.82, 2.24) is 9.62 Å². The zero-order valence-corrected chi connectivity index (χ0v) is 19.0. The number of hydrogen-bond acceptors (Lipinski definition) is 3. The molecule has 31 heavy (non-hydrogen) atoms. The van der Waals surface area contributed by atoms with Gasteiger partial charge in [-0.15, -0.1) is 0 Å². The van der Waals surface area contributed by atoms with Crippen LogP contribution in [0.5, 0.6) is 0 Å². The van der Waals surface area contributed by atoms with Crippen molar-refractivity contribution >= 4 is 27.5 Å². The van der Waals surface area contributed by atoms with Gasteiger partial charge in [0.15, 0.2) is 0 Å². The van der Waals surface area contributed by atoms with Crippen LogP contribution in [0.15, 0.2) is 83.8 Å². The molecular formula is C24H25ClN2O3S. The summed E-state index contributed by atoms with van der Waals surface area (Å²) in [5.74, 6) is -0.374. The Morgan fingerprint density at radius 2 is 1.68 bits per heavy atom. The molecule has 0 saturated heterocycles. The van der Waals surface area contributed by atoms with Crippen molar-refractivity contribution in [3.63, 3.8) is 0 Å². The van der Waals surface area contributed by atoms with Gasteiger partial charge in [-0.2, -0.15) is 4.31 Å². The molecular weight excluding hydrogens is 432 g/mol. The quantitative estimate of drug-likeness (QED) is 0.533. The van der Waals surface area contributed by atoms with Crippen molar-refractivity contribution in [3.8, 4) is 0 Å². The van der Waals surface area contributed by atoms with E-state index in [1.165, 1.54) is 28.6 Å². The molecule has 3 aromatic carbocycles. The highest BCUT2D eigenvalue weighted by atomic mass is 35.5. The Hall–Kier alpha value is -2.67. The highest BCUT2D eigenvalue weighted by Gasteiger charge is 2.27. The maximum atomic E-state index is 13.3. The summed E-state index contributed by atoms with van der Waals surface area (Å²) in [5.41, 5.74) is 2.77. The number of carbonyl (C=O) groups excluding carboxylic acids is 1. The Kier molecular flexibility index (Phi) is 7.49. The molecule has 1 amide bonds. The van der Waals surface area contributed by atoms with E-state index in [1.54, 1.807) is 0 Å². The molecule has 1 N–H and O–H groups in total. The standard InChI is InChI=1S/C24H25ClN2O3S/c1-18-7-6-8-20(15-18)16-27(31(29,30)23-13-11-22(25)12-14-23)17-24(28)26-19(2)21-9-4-3-5-10-21/h3-15,19H,16-17H2,1-2H3,(H,26,28)/t19-/m0/s1. The van der Waals surface area contributed by atoms with E-state index in [4.69, 9.17) is 11.6 Å². The first kappa shape index (κ1) is 23.0. The second-order valence-corrected chi connectivity index (χ2v) is 9.79. The maximum absolute atomic E-state index is 13.3. The van der Waals surface area contributed by atoms with Gasteiger partial charge in [0.05, 0.1) is 17.5 Å². The van der Waals surface area contributed by atoms with Gasteiger partial charge in [-0.05, 0) is 49.2 Å². The van der Waals surface area contributed by atoms with E-state index in [2.05, 4.69) is 5.32 Å². The molecule has 0 radical (unpaired) electrons. The molecule has 0 aliphatic rings. The monoisotopic (exact) mass is 456 g/mol. The van der Waals surface area contributed by atoms with E-state index in [0.717, 1.165) is 16.7 Å². The third-order valence-electron chi connectivity index (χ3n) is 4.89. The molecule has 0 aromatic heterocycles. The first-order chi connectivity index (χ1) is 14.8. The van der Waals surface area contributed by atoms with Gasteiger partial charge in [-0.25, -0.2) is 8.42 Å². The lowest BCUT2D eigenvalue weighted by atomic mass is 10.1. The number of benzene rings is 3. The molecule has 0 bridgehead atoms. The zero-order chi connectivity index (χ0) is 22.4. The Morgan fingerprint density at radius 3 is 2.32 bits per heavy atom. The smallest absolute Gasteiger partial charge is 0.243 e. The first-order valence-electron chi connectivity index (χ1n) is 9.91. The van der Waals surface area contributed by atoms with Crippen LogP contribution in [0.3, 0.4) is 0 Å². The van der Waals surface area contributed by atoms with E-state index in [9.17, 15) is 13.2 Å². The topological polar surface area (TPSA) is 66.5 Å². The summed E-state index contributed by atoms with van der Waals surface area (Å²) in [6.07, 6.45) is 0. The average Bonchev–Trinajstić information content (AvgIpc) is 2.74. The molecule has 162 valence electrons. The maximum Gasteiger partial charge on any atom is 0.243 e. The van der Waals surface area contributed by atoms with Crippen LogP contribution >= 0.6 is 11.6 Å². The molecule has 0 heterocycles. The third kappa shape index (κ3) is 6.17. The third-order valence-corrected chi connectivity index (χ3v) is 6.95. The van der Waals surface area contributed by atoms with Crippen molar-refractivity contribution in [2.45, 2.75) is 31.3 Å². The second kappa shape index (κ2) is 10.1. The van der Waals surface area contributed by atoms with Crippen LogP contribution in [0.4, 0.5) is 0 Å². The van der Waals surface area contributed by atoms with Gasteiger partial charge < -0.3 is 5.32 Å². The lowest BCUT2D eigenvalue weighted by Gasteiger charge is -2.23. The Labute approximate surface area is 188 Å². The minimum atomic E-state index is -3.91. The van der Waals surface area contributed by atoms with Crippen molar-refractivity contribution in [1.29, 1.82) is 0 Å². The van der Waals surface area contributed by atoms with Crippen LogP contribution < -0.4 is 5.32 Å². The molecule has 0 fully saturated rings. The minimum absolute atomic E-state index is 0.0831. The van der Waals surface area contributed by atoms with Crippen molar-refractivity contribution in [2.24, 2.45) is 0 Å². The van der Waals surface area contributed by atoms with Crippen LogP contribution in [0.1, 0.15) is 29.7 Å². The minimum Gasteiger partial charge on any atom is -0.348 e. The number of nitrogens with one attached hydrogen (secondary N) is 1. The largest absolute Gasteiger partial charge is 0.348 e. The van der Waals surface area contributed by atoms with Crippen LogP contribution in [-0.4, -0.2) is 25.2 Å². The number of rotatable bonds is 8. The van der Waals surface area contributed by atoms with Crippen molar-refractivity contribution < 1.29 is 13.2 Å². The zero-order valence-electron chi connectivity index (χ0n) is 17.5. The number of aryl methyl sites for hydroxylation is 1.